The predicted molar refractivity (Wildman–Crippen MR) is 90.1 cm³/mol. The second-order valence-electron chi connectivity index (χ2n) is 5.19. The van der Waals surface area contributed by atoms with E-state index in [-0.39, 0.29) is 24.4 Å². The van der Waals surface area contributed by atoms with Crippen LogP contribution in [0, 0.1) is 0 Å². The number of amides is 1. The average molecular weight is 345 g/mol. The first-order chi connectivity index (χ1) is 10.8. The smallest absolute Gasteiger partial charge is 0.221 e. The molecule has 0 aliphatic carbocycles. The highest BCUT2D eigenvalue weighted by Crippen LogP contribution is 2.12. The van der Waals surface area contributed by atoms with Crippen molar-refractivity contribution < 1.29 is 19.0 Å². The van der Waals surface area contributed by atoms with Crippen LogP contribution in [0.2, 0.25) is 0 Å². The number of methoxy groups -OCH3 is 1. The fraction of sp³-hybridized carbons (Fsp3) is 0.562. The molecule has 130 valence electrons. The Kier molecular flexibility index (Phi) is 9.63. The van der Waals surface area contributed by atoms with Gasteiger partial charge in [0.25, 0.3) is 0 Å². The topological polar surface area (TPSA) is 68.8 Å². The Morgan fingerprint density at radius 1 is 1.35 bits per heavy atom. The fourth-order valence-electron chi connectivity index (χ4n) is 2.19. The summed E-state index contributed by atoms with van der Waals surface area (Å²) in [5, 5.41) is 6.19. The van der Waals surface area contributed by atoms with Gasteiger partial charge in [0.05, 0.1) is 19.8 Å². The van der Waals surface area contributed by atoms with Gasteiger partial charge in [-0.25, -0.2) is 0 Å². The van der Waals surface area contributed by atoms with Crippen LogP contribution in [0.5, 0.6) is 5.75 Å². The van der Waals surface area contributed by atoms with Gasteiger partial charge in [-0.1, -0.05) is 12.1 Å². The lowest BCUT2D eigenvalue weighted by Crippen LogP contribution is -2.44. The number of hydrogen-bond donors (Lipinski definition) is 2. The SMILES string of the molecule is COCCOc1ccc(CNC(=O)CC2COCCN2)cc1.Cl. The van der Waals surface area contributed by atoms with E-state index >= 15 is 0 Å². The summed E-state index contributed by atoms with van der Waals surface area (Å²) in [5.74, 6) is 0.833. The van der Waals surface area contributed by atoms with E-state index in [4.69, 9.17) is 14.2 Å². The van der Waals surface area contributed by atoms with Gasteiger partial charge >= 0.3 is 0 Å². The van der Waals surface area contributed by atoms with E-state index in [9.17, 15) is 4.79 Å². The number of ether oxygens (including phenoxy) is 3. The minimum atomic E-state index is 0. The summed E-state index contributed by atoms with van der Waals surface area (Å²) in [6.07, 6.45) is 0.443. The number of halogens is 1. The molecule has 1 unspecified atom stereocenters. The van der Waals surface area contributed by atoms with Crippen LogP contribution in [-0.4, -0.2) is 52.0 Å². The molecule has 0 spiro atoms. The van der Waals surface area contributed by atoms with E-state index in [0.717, 1.165) is 24.5 Å². The molecule has 1 atom stereocenters. The molecule has 1 aromatic rings. The van der Waals surface area contributed by atoms with Gasteiger partial charge in [-0.3, -0.25) is 4.79 Å². The summed E-state index contributed by atoms with van der Waals surface area (Å²) in [7, 11) is 1.64. The molecule has 1 saturated heterocycles. The number of carbonyl (C=O) groups excluding carboxylic acids is 1. The largest absolute Gasteiger partial charge is 0.491 e. The Hall–Kier alpha value is -1.34. The van der Waals surface area contributed by atoms with Crippen molar-refractivity contribution in [2.24, 2.45) is 0 Å². The molecule has 0 aromatic heterocycles. The van der Waals surface area contributed by atoms with Crippen LogP contribution >= 0.6 is 12.4 Å². The summed E-state index contributed by atoms with van der Waals surface area (Å²) in [6.45, 7) is 3.74. The van der Waals surface area contributed by atoms with Crippen LogP contribution < -0.4 is 15.4 Å². The summed E-state index contributed by atoms with van der Waals surface area (Å²) in [4.78, 5) is 11.9. The van der Waals surface area contributed by atoms with Crippen molar-refractivity contribution in [1.29, 1.82) is 0 Å². The first-order valence-electron chi connectivity index (χ1n) is 7.56. The molecule has 2 N–H and O–H groups in total. The number of morpholine rings is 1. The first-order valence-corrected chi connectivity index (χ1v) is 7.56. The maximum Gasteiger partial charge on any atom is 0.221 e. The third kappa shape index (κ3) is 7.65. The number of hydrogen-bond acceptors (Lipinski definition) is 5. The van der Waals surface area contributed by atoms with Crippen molar-refractivity contribution in [3.8, 4) is 5.75 Å². The van der Waals surface area contributed by atoms with E-state index < -0.39 is 0 Å². The molecule has 1 aliphatic heterocycles. The van der Waals surface area contributed by atoms with Gasteiger partial charge in [0, 0.05) is 32.7 Å². The molecular weight excluding hydrogens is 320 g/mol. The Labute approximate surface area is 143 Å². The van der Waals surface area contributed by atoms with E-state index in [2.05, 4.69) is 10.6 Å². The van der Waals surface area contributed by atoms with Gasteiger partial charge in [0.2, 0.25) is 5.91 Å². The van der Waals surface area contributed by atoms with Crippen LogP contribution in [0.15, 0.2) is 24.3 Å². The van der Waals surface area contributed by atoms with Crippen molar-refractivity contribution in [1.82, 2.24) is 10.6 Å². The third-order valence-electron chi connectivity index (χ3n) is 3.40. The highest BCUT2D eigenvalue weighted by molar-refractivity contribution is 5.85. The molecule has 0 radical (unpaired) electrons. The van der Waals surface area contributed by atoms with E-state index in [1.165, 1.54) is 0 Å². The van der Waals surface area contributed by atoms with Crippen LogP contribution in [0.1, 0.15) is 12.0 Å². The summed E-state index contributed by atoms with van der Waals surface area (Å²) < 4.78 is 15.8. The molecule has 1 aromatic carbocycles. The van der Waals surface area contributed by atoms with Crippen molar-refractivity contribution in [3.63, 3.8) is 0 Å². The molecule has 1 aliphatic rings. The van der Waals surface area contributed by atoms with Crippen molar-refractivity contribution in [2.45, 2.75) is 19.0 Å². The zero-order chi connectivity index (χ0) is 15.6. The Balaban J connectivity index is 0.00000264. The third-order valence-corrected chi connectivity index (χ3v) is 3.40. The lowest BCUT2D eigenvalue weighted by atomic mass is 10.1. The highest BCUT2D eigenvalue weighted by atomic mass is 35.5. The standard InChI is InChI=1S/C16H24N2O4.ClH/c1-20-8-9-22-15-4-2-13(3-5-15)11-18-16(19)10-14-12-21-7-6-17-14;/h2-5,14,17H,6-12H2,1H3,(H,18,19);1H. The lowest BCUT2D eigenvalue weighted by molar-refractivity contribution is -0.122. The first kappa shape index (κ1) is 19.7. The maximum atomic E-state index is 11.9. The van der Waals surface area contributed by atoms with Crippen molar-refractivity contribution >= 4 is 18.3 Å². The molecule has 1 fully saturated rings. The number of rotatable bonds is 8. The molecule has 0 saturated carbocycles. The normalized spacial score (nSPS) is 17.2. The van der Waals surface area contributed by atoms with Crippen molar-refractivity contribution in [3.05, 3.63) is 29.8 Å². The van der Waals surface area contributed by atoms with Crippen molar-refractivity contribution in [2.75, 3.05) is 40.1 Å². The fourth-order valence-corrected chi connectivity index (χ4v) is 2.19. The van der Waals surface area contributed by atoms with Crippen LogP contribution in [-0.2, 0) is 20.8 Å². The Bertz CT molecular complexity index is 450. The summed E-state index contributed by atoms with van der Waals surface area (Å²) in [6, 6.07) is 7.81. The van der Waals surface area contributed by atoms with Gasteiger partial charge in [0.1, 0.15) is 12.4 Å². The van der Waals surface area contributed by atoms with Crippen LogP contribution in [0.4, 0.5) is 0 Å². The zero-order valence-electron chi connectivity index (χ0n) is 13.4. The quantitative estimate of drug-likeness (QED) is 0.692. The molecule has 7 heteroatoms. The van der Waals surface area contributed by atoms with Gasteiger partial charge in [-0.05, 0) is 17.7 Å². The molecule has 1 amide bonds. The molecule has 2 rings (SSSR count). The van der Waals surface area contributed by atoms with Gasteiger partial charge in [0.15, 0.2) is 0 Å². The lowest BCUT2D eigenvalue weighted by Gasteiger charge is -2.23. The molecule has 6 nitrogen and oxygen atoms in total. The number of nitrogens with one attached hydrogen (secondary N) is 2. The minimum Gasteiger partial charge on any atom is -0.491 e. The monoisotopic (exact) mass is 344 g/mol. The second kappa shape index (κ2) is 11.2. The Morgan fingerprint density at radius 2 is 2.13 bits per heavy atom. The zero-order valence-corrected chi connectivity index (χ0v) is 14.2. The molecule has 1 heterocycles. The maximum absolute atomic E-state index is 11.9. The molecule has 0 bridgehead atoms. The summed E-state index contributed by atoms with van der Waals surface area (Å²) in [5.41, 5.74) is 1.04. The number of carbonyl (C=O) groups is 1. The predicted octanol–water partition coefficient (Wildman–Crippen LogP) is 1.13. The van der Waals surface area contributed by atoms with Gasteiger partial charge in [-0.2, -0.15) is 0 Å². The second-order valence-corrected chi connectivity index (χ2v) is 5.19. The van der Waals surface area contributed by atoms with Crippen LogP contribution in [0.3, 0.4) is 0 Å². The molecular formula is C16H25ClN2O4. The van der Waals surface area contributed by atoms with Gasteiger partial charge in [-0.15, -0.1) is 12.4 Å². The van der Waals surface area contributed by atoms with E-state index in [1.807, 2.05) is 24.3 Å². The van der Waals surface area contributed by atoms with E-state index in [1.54, 1.807) is 7.11 Å². The highest BCUT2D eigenvalue weighted by Gasteiger charge is 2.16. The number of benzene rings is 1. The average Bonchev–Trinajstić information content (AvgIpc) is 2.55. The van der Waals surface area contributed by atoms with E-state index in [0.29, 0.717) is 32.8 Å². The Morgan fingerprint density at radius 3 is 2.78 bits per heavy atom. The molecule has 23 heavy (non-hydrogen) atoms. The minimum absolute atomic E-state index is 0. The summed E-state index contributed by atoms with van der Waals surface area (Å²) >= 11 is 0. The van der Waals surface area contributed by atoms with Crippen LogP contribution in [0.25, 0.3) is 0 Å². The van der Waals surface area contributed by atoms with Gasteiger partial charge < -0.3 is 24.8 Å².